The Kier molecular flexibility index (Phi) is 5.70. The lowest BCUT2D eigenvalue weighted by atomic mass is 10.2. The molecule has 0 bridgehead atoms. The molecule has 0 spiro atoms. The maximum atomic E-state index is 13.3. The van der Waals surface area contributed by atoms with Gasteiger partial charge in [0, 0.05) is 17.6 Å². The number of nitrogens with one attached hydrogen (secondary N) is 1. The van der Waals surface area contributed by atoms with E-state index in [0.29, 0.717) is 5.69 Å². The molecule has 0 aliphatic carbocycles. The number of rotatable bonds is 3. The van der Waals surface area contributed by atoms with E-state index in [9.17, 15) is 26.4 Å². The van der Waals surface area contributed by atoms with Crippen molar-refractivity contribution in [2.45, 2.75) is 18.0 Å². The number of halogens is 3. The molecule has 3 aromatic rings. The van der Waals surface area contributed by atoms with Crippen LogP contribution in [-0.2, 0) is 16.2 Å². The number of hydrogen-bond donors (Lipinski definition) is 1. The molecule has 12 heteroatoms. The fourth-order valence-electron chi connectivity index (χ4n) is 3.21. The Labute approximate surface area is 187 Å². The van der Waals surface area contributed by atoms with Gasteiger partial charge in [0.25, 0.3) is 15.9 Å². The van der Waals surface area contributed by atoms with Gasteiger partial charge in [-0.2, -0.15) is 13.2 Å². The molecule has 2 heterocycles. The Balaban J connectivity index is 1.66. The number of benzene rings is 2. The number of fused-ring (bicyclic) bond motifs is 1. The summed E-state index contributed by atoms with van der Waals surface area (Å²) in [6.45, 7) is 1.57. The van der Waals surface area contributed by atoms with Crippen LogP contribution in [-0.4, -0.2) is 37.4 Å². The molecule has 0 fully saturated rings. The Bertz CT molecular complexity index is 1310. The number of carbonyl (C=O) groups excluding carboxylic acids is 1. The van der Waals surface area contributed by atoms with Gasteiger partial charge < -0.3 is 10.1 Å². The number of hydrogen-bond acceptors (Lipinski definition) is 6. The van der Waals surface area contributed by atoms with Crippen molar-refractivity contribution >= 4 is 27.3 Å². The summed E-state index contributed by atoms with van der Waals surface area (Å²) in [4.78, 5) is 20.1. The molecule has 0 saturated carbocycles. The van der Waals surface area contributed by atoms with E-state index in [1.54, 1.807) is 13.0 Å². The zero-order valence-electron chi connectivity index (χ0n) is 17.1. The minimum atomic E-state index is -4.54. The van der Waals surface area contributed by atoms with Crippen LogP contribution < -0.4 is 14.4 Å². The number of nitrogens with zero attached hydrogens (tertiary/aromatic N) is 3. The third-order valence-corrected chi connectivity index (χ3v) is 6.65. The fraction of sp³-hybridized carbons (Fsp3) is 0.190. The highest BCUT2D eigenvalue weighted by Crippen LogP contribution is 2.36. The van der Waals surface area contributed by atoms with Gasteiger partial charge in [0.05, 0.1) is 17.8 Å². The molecule has 0 saturated heterocycles. The van der Waals surface area contributed by atoms with Crippen molar-refractivity contribution in [2.75, 3.05) is 22.8 Å². The maximum Gasteiger partial charge on any atom is 0.416 e. The minimum absolute atomic E-state index is 0.0178. The van der Waals surface area contributed by atoms with E-state index in [0.717, 1.165) is 28.6 Å². The van der Waals surface area contributed by atoms with Crippen molar-refractivity contribution in [3.05, 3.63) is 71.8 Å². The second kappa shape index (κ2) is 8.35. The number of aromatic nitrogens is 2. The highest BCUT2D eigenvalue weighted by atomic mass is 32.2. The van der Waals surface area contributed by atoms with E-state index in [1.165, 1.54) is 24.4 Å². The maximum absolute atomic E-state index is 13.3. The van der Waals surface area contributed by atoms with Gasteiger partial charge in [0.1, 0.15) is 17.3 Å². The molecule has 1 amide bonds. The van der Waals surface area contributed by atoms with Gasteiger partial charge in [-0.25, -0.2) is 18.4 Å². The van der Waals surface area contributed by atoms with Crippen LogP contribution in [0.1, 0.15) is 21.9 Å². The number of carbonyl (C=O) groups is 1. The highest BCUT2D eigenvalue weighted by Gasteiger charge is 2.34. The third kappa shape index (κ3) is 4.60. The Morgan fingerprint density at radius 2 is 1.85 bits per heavy atom. The van der Waals surface area contributed by atoms with Crippen molar-refractivity contribution in [1.82, 2.24) is 9.97 Å². The third-order valence-electron chi connectivity index (χ3n) is 4.80. The first kappa shape index (κ1) is 22.5. The first-order valence-corrected chi connectivity index (χ1v) is 11.1. The normalized spacial score (nSPS) is 15.2. The SMILES string of the molecule is Cc1ccnc(C(=O)Nc2ccc3c(c2)S(=O)(=O)N(c2ccc(C(F)(F)F)cc2)CCO3)n1. The smallest absolute Gasteiger partial charge is 0.416 e. The lowest BCUT2D eigenvalue weighted by Crippen LogP contribution is -2.32. The topological polar surface area (TPSA) is 101 Å². The number of amides is 1. The summed E-state index contributed by atoms with van der Waals surface area (Å²) in [5.74, 6) is -0.658. The Morgan fingerprint density at radius 3 is 2.52 bits per heavy atom. The van der Waals surface area contributed by atoms with Crippen molar-refractivity contribution in [1.29, 1.82) is 0 Å². The van der Waals surface area contributed by atoms with E-state index in [4.69, 9.17) is 4.74 Å². The molecule has 0 unspecified atom stereocenters. The number of anilines is 2. The summed E-state index contributed by atoms with van der Waals surface area (Å²) in [5.41, 5.74) is -0.0916. The zero-order valence-corrected chi connectivity index (χ0v) is 17.9. The van der Waals surface area contributed by atoms with E-state index in [-0.39, 0.29) is 41.0 Å². The molecule has 4 rings (SSSR count). The number of alkyl halides is 3. The van der Waals surface area contributed by atoms with Gasteiger partial charge in [-0.3, -0.25) is 9.10 Å². The van der Waals surface area contributed by atoms with Crippen molar-refractivity contribution < 1.29 is 31.1 Å². The average Bonchev–Trinajstić information content (AvgIpc) is 2.89. The summed E-state index contributed by atoms with van der Waals surface area (Å²) >= 11 is 0. The molecule has 1 aromatic heterocycles. The van der Waals surface area contributed by atoms with Crippen LogP contribution in [0.25, 0.3) is 0 Å². The largest absolute Gasteiger partial charge is 0.490 e. The molecule has 0 atom stereocenters. The predicted octanol–water partition coefficient (Wildman–Crippen LogP) is 3.64. The van der Waals surface area contributed by atoms with Gasteiger partial charge in [0.15, 0.2) is 0 Å². The lowest BCUT2D eigenvalue weighted by Gasteiger charge is -2.22. The zero-order chi connectivity index (χ0) is 23.8. The van der Waals surface area contributed by atoms with E-state index < -0.39 is 27.7 Å². The molecule has 33 heavy (non-hydrogen) atoms. The number of sulfonamides is 1. The summed E-state index contributed by atoms with van der Waals surface area (Å²) in [7, 11) is -4.21. The standard InChI is InChI=1S/C21H17F3N4O4S/c1-13-8-9-25-19(26-13)20(29)27-15-4-7-17-18(12-15)33(30,31)28(10-11-32-17)16-5-2-14(3-6-16)21(22,23)24/h2-9,12H,10-11H2,1H3,(H,27,29). The summed E-state index contributed by atoms with van der Waals surface area (Å²) in [6.07, 6.45) is -3.12. The first-order chi connectivity index (χ1) is 15.6. The van der Waals surface area contributed by atoms with E-state index in [2.05, 4.69) is 15.3 Å². The molecule has 1 N–H and O–H groups in total. The van der Waals surface area contributed by atoms with Crippen molar-refractivity contribution in [2.24, 2.45) is 0 Å². The summed E-state index contributed by atoms with van der Waals surface area (Å²) in [5, 5.41) is 2.54. The van der Waals surface area contributed by atoms with Crippen LogP contribution in [0, 0.1) is 6.92 Å². The minimum Gasteiger partial charge on any atom is -0.490 e. The predicted molar refractivity (Wildman–Crippen MR) is 113 cm³/mol. The monoisotopic (exact) mass is 478 g/mol. The van der Waals surface area contributed by atoms with Gasteiger partial charge in [-0.05, 0) is 55.5 Å². The van der Waals surface area contributed by atoms with E-state index in [1.807, 2.05) is 0 Å². The molecule has 1 aliphatic rings. The van der Waals surface area contributed by atoms with Crippen molar-refractivity contribution in [3.8, 4) is 5.75 Å². The molecule has 1 aliphatic heterocycles. The second-order valence-electron chi connectivity index (χ2n) is 7.11. The molecular weight excluding hydrogens is 461 g/mol. The molecule has 0 radical (unpaired) electrons. The lowest BCUT2D eigenvalue weighted by molar-refractivity contribution is -0.137. The quantitative estimate of drug-likeness (QED) is 0.617. The van der Waals surface area contributed by atoms with Gasteiger partial charge in [-0.1, -0.05) is 0 Å². The van der Waals surface area contributed by atoms with Crippen LogP contribution in [0.4, 0.5) is 24.5 Å². The van der Waals surface area contributed by atoms with Gasteiger partial charge in [0.2, 0.25) is 5.82 Å². The highest BCUT2D eigenvalue weighted by molar-refractivity contribution is 7.93. The summed E-state index contributed by atoms with van der Waals surface area (Å²) < 4.78 is 71.8. The van der Waals surface area contributed by atoms with E-state index >= 15 is 0 Å². The Morgan fingerprint density at radius 1 is 1.12 bits per heavy atom. The van der Waals surface area contributed by atoms with Crippen LogP contribution in [0.2, 0.25) is 0 Å². The van der Waals surface area contributed by atoms with Crippen LogP contribution in [0.3, 0.4) is 0 Å². The summed E-state index contributed by atoms with van der Waals surface area (Å²) in [6, 6.07) is 9.52. The fourth-order valence-corrected chi connectivity index (χ4v) is 4.82. The number of aryl methyl sites for hydroxylation is 1. The second-order valence-corrected chi connectivity index (χ2v) is 8.94. The number of ether oxygens (including phenoxy) is 1. The molecular formula is C21H17F3N4O4S. The Hall–Kier alpha value is -3.67. The van der Waals surface area contributed by atoms with Crippen LogP contribution in [0.15, 0.2) is 59.6 Å². The van der Waals surface area contributed by atoms with Crippen molar-refractivity contribution in [3.63, 3.8) is 0 Å². The first-order valence-electron chi connectivity index (χ1n) is 9.63. The van der Waals surface area contributed by atoms with Gasteiger partial charge in [-0.15, -0.1) is 0 Å². The molecule has 2 aromatic carbocycles. The van der Waals surface area contributed by atoms with Crippen LogP contribution >= 0.6 is 0 Å². The van der Waals surface area contributed by atoms with Gasteiger partial charge >= 0.3 is 6.18 Å². The average molecular weight is 478 g/mol. The molecule has 172 valence electrons. The molecule has 8 nitrogen and oxygen atoms in total. The van der Waals surface area contributed by atoms with Crippen LogP contribution in [0.5, 0.6) is 5.75 Å².